The van der Waals surface area contributed by atoms with Gasteiger partial charge in [-0.25, -0.2) is 4.79 Å². The number of ketones is 1. The molecular weight excluding hydrogens is 422 g/mol. The lowest BCUT2D eigenvalue weighted by Crippen LogP contribution is -2.27. The number of benzene rings is 3. The van der Waals surface area contributed by atoms with Crippen LogP contribution >= 0.6 is 0 Å². The first-order valence-corrected chi connectivity index (χ1v) is 10.5. The van der Waals surface area contributed by atoms with Gasteiger partial charge in [0.2, 0.25) is 6.10 Å². The van der Waals surface area contributed by atoms with Gasteiger partial charge in [0.15, 0.2) is 17.3 Å². The van der Waals surface area contributed by atoms with Crippen LogP contribution in [0.1, 0.15) is 51.8 Å². The van der Waals surface area contributed by atoms with Gasteiger partial charge >= 0.3 is 5.97 Å². The lowest BCUT2D eigenvalue weighted by atomic mass is 9.98. The molecule has 0 aliphatic carbocycles. The molecular formula is C26H25NO6. The predicted molar refractivity (Wildman–Crippen MR) is 122 cm³/mol. The minimum Gasteiger partial charge on any atom is -0.490 e. The number of carbonyl (C=O) groups is 3. The van der Waals surface area contributed by atoms with Crippen molar-refractivity contribution in [2.24, 2.45) is 5.73 Å². The molecule has 7 nitrogen and oxygen atoms in total. The Morgan fingerprint density at radius 2 is 1.39 bits per heavy atom. The molecule has 7 heteroatoms. The third kappa shape index (κ3) is 5.57. The summed E-state index contributed by atoms with van der Waals surface area (Å²) in [5.74, 6) is -1.09. The summed E-state index contributed by atoms with van der Waals surface area (Å²) < 4.78 is 16.6. The summed E-state index contributed by atoms with van der Waals surface area (Å²) >= 11 is 0. The largest absolute Gasteiger partial charge is 0.490 e. The zero-order valence-electron chi connectivity index (χ0n) is 18.4. The minimum absolute atomic E-state index is 0.0246. The van der Waals surface area contributed by atoms with Crippen molar-refractivity contribution in [3.63, 3.8) is 0 Å². The number of hydrogen-bond donors (Lipinski definition) is 1. The van der Waals surface area contributed by atoms with Gasteiger partial charge in [-0.1, -0.05) is 48.5 Å². The second-order valence-corrected chi connectivity index (χ2v) is 7.00. The van der Waals surface area contributed by atoms with E-state index in [4.69, 9.17) is 19.9 Å². The molecule has 0 radical (unpaired) electrons. The fourth-order valence-electron chi connectivity index (χ4n) is 3.30. The average molecular weight is 447 g/mol. The lowest BCUT2D eigenvalue weighted by molar-refractivity contribution is -0.127. The van der Waals surface area contributed by atoms with Gasteiger partial charge in [-0.05, 0) is 38.1 Å². The van der Waals surface area contributed by atoms with Gasteiger partial charge in [0.1, 0.15) is 0 Å². The smallest absolute Gasteiger partial charge is 0.340 e. The lowest BCUT2D eigenvalue weighted by Gasteiger charge is -2.16. The Morgan fingerprint density at radius 3 is 2.03 bits per heavy atom. The molecule has 33 heavy (non-hydrogen) atoms. The Bertz CT molecular complexity index is 1140. The third-order valence-corrected chi connectivity index (χ3v) is 4.78. The summed E-state index contributed by atoms with van der Waals surface area (Å²) in [7, 11) is 0. The zero-order valence-corrected chi connectivity index (χ0v) is 18.4. The van der Waals surface area contributed by atoms with E-state index in [0.29, 0.717) is 35.8 Å². The van der Waals surface area contributed by atoms with Crippen LogP contribution in [0.2, 0.25) is 0 Å². The maximum Gasteiger partial charge on any atom is 0.340 e. The van der Waals surface area contributed by atoms with Crippen molar-refractivity contribution in [3.8, 4) is 11.5 Å². The summed E-state index contributed by atoms with van der Waals surface area (Å²) in [5, 5.41) is 0. The molecule has 1 amide bonds. The fourth-order valence-corrected chi connectivity index (χ4v) is 3.30. The van der Waals surface area contributed by atoms with Crippen molar-refractivity contribution in [3.05, 3.63) is 95.1 Å². The second kappa shape index (κ2) is 10.9. The van der Waals surface area contributed by atoms with Crippen molar-refractivity contribution < 1.29 is 28.6 Å². The molecule has 170 valence electrons. The highest BCUT2D eigenvalue weighted by molar-refractivity contribution is 6.14. The van der Waals surface area contributed by atoms with Crippen LogP contribution in [-0.2, 0) is 9.53 Å². The number of carbonyl (C=O) groups excluding carboxylic acids is 3. The van der Waals surface area contributed by atoms with Crippen molar-refractivity contribution >= 4 is 17.7 Å². The van der Waals surface area contributed by atoms with E-state index in [-0.39, 0.29) is 11.1 Å². The van der Waals surface area contributed by atoms with Gasteiger partial charge in [0, 0.05) is 16.7 Å². The molecule has 3 aromatic rings. The molecule has 0 aliphatic rings. The molecule has 2 N–H and O–H groups in total. The van der Waals surface area contributed by atoms with E-state index < -0.39 is 23.8 Å². The van der Waals surface area contributed by atoms with Crippen LogP contribution in [0.3, 0.4) is 0 Å². The van der Waals surface area contributed by atoms with E-state index >= 15 is 0 Å². The van der Waals surface area contributed by atoms with E-state index in [1.54, 1.807) is 60.7 Å². The molecule has 0 aromatic heterocycles. The number of hydrogen-bond acceptors (Lipinski definition) is 6. The first kappa shape index (κ1) is 23.5. The van der Waals surface area contributed by atoms with Crippen molar-refractivity contribution in [2.45, 2.75) is 20.0 Å². The average Bonchev–Trinajstić information content (AvgIpc) is 2.83. The minimum atomic E-state index is -1.28. The predicted octanol–water partition coefficient (Wildman–Crippen LogP) is 4.10. The van der Waals surface area contributed by atoms with Gasteiger partial charge in [0.25, 0.3) is 5.91 Å². The molecule has 0 heterocycles. The van der Waals surface area contributed by atoms with Gasteiger partial charge < -0.3 is 19.9 Å². The maximum atomic E-state index is 13.3. The number of amides is 1. The SMILES string of the molecule is CCOc1ccc(C(=O)c2ccccc2C(=O)OC(C(N)=O)c2ccccc2)cc1OCC. The molecule has 3 aromatic carbocycles. The Labute approximate surface area is 192 Å². The standard InChI is InChI=1S/C26H25NO6/c1-3-31-21-15-14-18(16-22(21)32-4-2)23(28)19-12-8-9-13-20(19)26(30)33-24(25(27)29)17-10-6-5-7-11-17/h5-16,24H,3-4H2,1-2H3,(H2,27,29). The van der Waals surface area contributed by atoms with Crippen LogP contribution in [0.15, 0.2) is 72.8 Å². The van der Waals surface area contributed by atoms with Crippen LogP contribution < -0.4 is 15.2 Å². The van der Waals surface area contributed by atoms with Crippen LogP contribution in [-0.4, -0.2) is 30.9 Å². The van der Waals surface area contributed by atoms with Crippen molar-refractivity contribution in [2.75, 3.05) is 13.2 Å². The van der Waals surface area contributed by atoms with Crippen molar-refractivity contribution in [1.29, 1.82) is 0 Å². The van der Waals surface area contributed by atoms with Crippen LogP contribution in [0.4, 0.5) is 0 Å². The van der Waals surface area contributed by atoms with E-state index in [1.165, 1.54) is 12.1 Å². The van der Waals surface area contributed by atoms with Gasteiger partial charge in [-0.15, -0.1) is 0 Å². The Kier molecular flexibility index (Phi) is 7.81. The van der Waals surface area contributed by atoms with Gasteiger partial charge in [-0.2, -0.15) is 0 Å². The molecule has 0 spiro atoms. The number of esters is 1. The summed E-state index contributed by atoms with van der Waals surface area (Å²) in [6.07, 6.45) is -1.28. The molecule has 0 saturated carbocycles. The van der Waals surface area contributed by atoms with Crippen molar-refractivity contribution in [1.82, 2.24) is 0 Å². The number of rotatable bonds is 10. The van der Waals surface area contributed by atoms with Gasteiger partial charge in [0.05, 0.1) is 18.8 Å². The molecule has 0 saturated heterocycles. The molecule has 1 atom stereocenters. The number of ether oxygens (including phenoxy) is 3. The first-order chi connectivity index (χ1) is 16.0. The van der Waals surface area contributed by atoms with Crippen LogP contribution in [0.5, 0.6) is 11.5 Å². The Morgan fingerprint density at radius 1 is 0.788 bits per heavy atom. The highest BCUT2D eigenvalue weighted by Gasteiger charge is 2.26. The van der Waals surface area contributed by atoms with E-state index in [2.05, 4.69) is 0 Å². The molecule has 0 aliphatic heterocycles. The topological polar surface area (TPSA) is 105 Å². The zero-order chi connectivity index (χ0) is 23.8. The summed E-state index contributed by atoms with van der Waals surface area (Å²) in [6, 6.07) is 19.5. The quantitative estimate of drug-likeness (QED) is 0.371. The number of primary amides is 1. The molecule has 3 rings (SSSR count). The highest BCUT2D eigenvalue weighted by Crippen LogP contribution is 2.30. The number of nitrogens with two attached hydrogens (primary N) is 1. The van der Waals surface area contributed by atoms with Crippen LogP contribution in [0, 0.1) is 0 Å². The molecule has 0 fully saturated rings. The summed E-state index contributed by atoms with van der Waals surface area (Å²) in [4.78, 5) is 38.2. The Balaban J connectivity index is 1.92. The molecule has 1 unspecified atom stereocenters. The Hall–Kier alpha value is -4.13. The fraction of sp³-hybridized carbons (Fsp3) is 0.192. The van der Waals surface area contributed by atoms with Gasteiger partial charge in [-0.3, -0.25) is 9.59 Å². The summed E-state index contributed by atoms with van der Waals surface area (Å²) in [5.41, 5.74) is 6.37. The van der Waals surface area contributed by atoms with E-state index in [0.717, 1.165) is 0 Å². The normalized spacial score (nSPS) is 11.3. The highest BCUT2D eigenvalue weighted by atomic mass is 16.5. The summed E-state index contributed by atoms with van der Waals surface area (Å²) in [6.45, 7) is 4.53. The van der Waals surface area contributed by atoms with E-state index in [9.17, 15) is 14.4 Å². The third-order valence-electron chi connectivity index (χ3n) is 4.78. The first-order valence-electron chi connectivity index (χ1n) is 10.5. The van der Waals surface area contributed by atoms with E-state index in [1.807, 2.05) is 13.8 Å². The monoisotopic (exact) mass is 447 g/mol. The molecule has 0 bridgehead atoms. The second-order valence-electron chi connectivity index (χ2n) is 7.00. The van der Waals surface area contributed by atoms with Crippen LogP contribution in [0.25, 0.3) is 0 Å². The maximum absolute atomic E-state index is 13.3.